The molecule has 19 heteroatoms. The van der Waals surface area contributed by atoms with E-state index in [9.17, 15) is 29.1 Å². The highest BCUT2D eigenvalue weighted by atomic mass is 35.5. The largest absolute Gasteiger partial charge is 0.477 e. The van der Waals surface area contributed by atoms with Crippen molar-refractivity contribution in [2.45, 2.75) is 39.4 Å². The fourth-order valence-corrected chi connectivity index (χ4v) is 5.20. The number of nitrogens with one attached hydrogen (secondary N) is 3. The van der Waals surface area contributed by atoms with Crippen molar-refractivity contribution in [3.05, 3.63) is 113 Å². The van der Waals surface area contributed by atoms with Gasteiger partial charge in [0.1, 0.15) is 17.1 Å². The number of nitrogens with zero attached hydrogens (tertiary/aromatic N) is 5. The number of hydrogen-bond acceptors (Lipinski definition) is 14. The van der Waals surface area contributed by atoms with Crippen LogP contribution in [-0.4, -0.2) is 46.7 Å². The molecule has 1 aliphatic rings. The number of aryl methyl sites for hydroxylation is 1. The number of carbonyl (C=O) groups excluding carboxylic acids is 1. The fraction of sp³-hybridized carbons (Fsp3) is 0.194. The molecule has 0 unspecified atom stereocenters. The number of H-pyrrole nitrogens is 1. The van der Waals surface area contributed by atoms with Crippen LogP contribution in [0.4, 0.5) is 17.3 Å². The lowest BCUT2D eigenvalue weighted by Gasteiger charge is -2.11. The van der Waals surface area contributed by atoms with E-state index in [1.165, 1.54) is 11.1 Å². The quantitative estimate of drug-likeness (QED) is 0.109. The first kappa shape index (κ1) is 36.4. The Hall–Kier alpha value is -6.40. The van der Waals surface area contributed by atoms with Gasteiger partial charge >= 0.3 is 11.7 Å². The maximum Gasteiger partial charge on any atom is 0.439 e. The van der Waals surface area contributed by atoms with E-state index in [0.29, 0.717) is 5.82 Å². The zero-order valence-corrected chi connectivity index (χ0v) is 26.1. The summed E-state index contributed by atoms with van der Waals surface area (Å²) in [6.07, 6.45) is 1.96. The van der Waals surface area contributed by atoms with Crippen molar-refractivity contribution in [1.82, 2.24) is 35.0 Å². The molecule has 50 heavy (non-hydrogen) atoms. The van der Waals surface area contributed by atoms with E-state index in [1.54, 1.807) is 24.3 Å². The molecule has 260 valence electrons. The normalized spacial score (nSPS) is 13.0. The Labute approximate surface area is 287 Å². The van der Waals surface area contributed by atoms with Gasteiger partial charge in [0.05, 0.1) is 0 Å². The average molecular weight is 706 g/mol. The number of benzene rings is 2. The summed E-state index contributed by atoms with van der Waals surface area (Å²) in [6, 6.07) is 14.2. The zero-order valence-electron chi connectivity index (χ0n) is 25.3. The van der Waals surface area contributed by atoms with Crippen molar-refractivity contribution < 1.29 is 19.2 Å². The standard InChI is InChI=1S/C19H16N8O5.C11H11N3O2.CH4.ClH/c20-12-13(15(29)14(12)28)22-6-8-2-1-3-9(4-8)7-23-16(30)10-5-11(17(31)32)27-19(24-10)25-18(21)26-27;12-9-4-2-6-5-7(1-3-8(6)9)10-13-11(15)16-14-10;;/h1-5,22H,6-7,20H2,(H2,21,26)(H,23,30)(H,31,32);1,3,5,9H,2,4,12H2,(H,13,14,15);1H4;1H/t;9-;;/m.0../s1. The van der Waals surface area contributed by atoms with Crippen LogP contribution in [0.15, 0.2) is 67.4 Å². The second kappa shape index (κ2) is 14.8. The molecular formula is C31H32ClN11O7. The van der Waals surface area contributed by atoms with Crippen LogP contribution < -0.4 is 44.4 Å². The minimum Gasteiger partial charge on any atom is -0.477 e. The molecule has 0 aliphatic heterocycles. The molecule has 1 aliphatic carbocycles. The van der Waals surface area contributed by atoms with Gasteiger partial charge in [-0.1, -0.05) is 49.0 Å². The summed E-state index contributed by atoms with van der Waals surface area (Å²) in [7, 11) is 0. The van der Waals surface area contributed by atoms with E-state index < -0.39 is 28.5 Å². The third-order valence-electron chi connectivity index (χ3n) is 7.62. The Morgan fingerprint density at radius 2 is 1.76 bits per heavy atom. The number of nitrogens with two attached hydrogens (primary N) is 3. The highest BCUT2D eigenvalue weighted by Crippen LogP contribution is 2.31. The summed E-state index contributed by atoms with van der Waals surface area (Å²) in [4.78, 5) is 67.8. The number of amides is 1. The highest BCUT2D eigenvalue weighted by molar-refractivity contribution is 5.95. The Morgan fingerprint density at radius 1 is 1.02 bits per heavy atom. The molecule has 6 aromatic rings. The number of carboxylic acid groups (broad SMARTS) is 1. The molecule has 1 atom stereocenters. The smallest absolute Gasteiger partial charge is 0.439 e. The van der Waals surface area contributed by atoms with Crippen molar-refractivity contribution in [1.29, 1.82) is 0 Å². The van der Waals surface area contributed by atoms with E-state index in [2.05, 4.69) is 40.4 Å². The van der Waals surface area contributed by atoms with Crippen LogP contribution in [-0.2, 0) is 19.5 Å². The maximum atomic E-state index is 12.5. The molecule has 0 saturated heterocycles. The number of aromatic amines is 1. The van der Waals surface area contributed by atoms with Gasteiger partial charge in [-0.3, -0.25) is 23.9 Å². The Morgan fingerprint density at radius 3 is 2.44 bits per heavy atom. The molecule has 0 spiro atoms. The van der Waals surface area contributed by atoms with Crippen LogP contribution in [0.2, 0.25) is 0 Å². The van der Waals surface area contributed by atoms with E-state index >= 15 is 0 Å². The summed E-state index contributed by atoms with van der Waals surface area (Å²) >= 11 is 0. The molecule has 10 N–H and O–H groups in total. The Kier molecular flexibility index (Phi) is 10.8. The monoisotopic (exact) mass is 705 g/mol. The van der Waals surface area contributed by atoms with Crippen molar-refractivity contribution >= 4 is 47.4 Å². The summed E-state index contributed by atoms with van der Waals surface area (Å²) < 4.78 is 5.41. The number of aromatic carboxylic acids is 1. The number of carbonyl (C=O) groups is 2. The number of aromatic nitrogens is 6. The molecular weight excluding hydrogens is 674 g/mol. The number of rotatable bonds is 8. The molecule has 0 fully saturated rings. The predicted octanol–water partition coefficient (Wildman–Crippen LogP) is 1.16. The summed E-state index contributed by atoms with van der Waals surface area (Å²) in [6.45, 7) is 0.379. The SMILES string of the molecule is C.Cl.N[C@H]1CCc2cc(-c3noc(=O)[nH]3)ccc21.Nc1nc2nc(C(=O)NCc3cccc(CNc4c(N)c(=O)c4=O)c3)cc(C(=O)O)n2n1. The summed E-state index contributed by atoms with van der Waals surface area (Å²) in [5.41, 5.74) is 19.9. The number of carboxylic acids is 1. The molecule has 18 nitrogen and oxygen atoms in total. The number of hydrogen-bond donors (Lipinski definition) is 7. The van der Waals surface area contributed by atoms with Crippen LogP contribution in [0, 0.1) is 0 Å². The van der Waals surface area contributed by atoms with Gasteiger partial charge in [-0.05, 0) is 41.2 Å². The number of halogens is 1. The van der Waals surface area contributed by atoms with Gasteiger partial charge in [-0.25, -0.2) is 14.6 Å². The predicted molar refractivity (Wildman–Crippen MR) is 185 cm³/mol. The number of nitrogen functional groups attached to an aromatic ring is 2. The highest BCUT2D eigenvalue weighted by Gasteiger charge is 2.21. The van der Waals surface area contributed by atoms with Gasteiger partial charge in [0.2, 0.25) is 5.95 Å². The van der Waals surface area contributed by atoms with E-state index in [4.69, 9.17) is 17.2 Å². The molecule has 3 aromatic heterocycles. The molecule has 1 amide bonds. The molecule has 0 radical (unpaired) electrons. The number of anilines is 3. The topological polar surface area (TPSA) is 293 Å². The van der Waals surface area contributed by atoms with Crippen molar-refractivity contribution in [2.75, 3.05) is 16.8 Å². The van der Waals surface area contributed by atoms with Crippen LogP contribution in [0.25, 0.3) is 17.2 Å². The van der Waals surface area contributed by atoms with E-state index in [1.807, 2.05) is 18.2 Å². The third kappa shape index (κ3) is 7.35. The van der Waals surface area contributed by atoms with Crippen LogP contribution in [0.3, 0.4) is 0 Å². The second-order valence-electron chi connectivity index (χ2n) is 10.8. The van der Waals surface area contributed by atoms with Gasteiger partial charge in [0.15, 0.2) is 11.5 Å². The van der Waals surface area contributed by atoms with Gasteiger partial charge in [0, 0.05) is 30.8 Å². The van der Waals surface area contributed by atoms with Gasteiger partial charge in [-0.15, -0.1) is 17.5 Å². The molecule has 3 heterocycles. The first-order valence-corrected chi connectivity index (χ1v) is 14.4. The fourth-order valence-electron chi connectivity index (χ4n) is 5.20. The Bertz CT molecular complexity index is 2340. The van der Waals surface area contributed by atoms with Crippen LogP contribution in [0.5, 0.6) is 0 Å². The van der Waals surface area contributed by atoms with E-state index in [0.717, 1.165) is 40.1 Å². The molecule has 0 saturated carbocycles. The maximum absolute atomic E-state index is 12.5. The minimum absolute atomic E-state index is 0. The lowest BCUT2D eigenvalue weighted by Crippen LogP contribution is -2.36. The lowest BCUT2D eigenvalue weighted by molar-refractivity contribution is 0.0687. The van der Waals surface area contributed by atoms with Crippen LogP contribution >= 0.6 is 12.4 Å². The van der Waals surface area contributed by atoms with Crippen molar-refractivity contribution in [2.24, 2.45) is 5.73 Å². The second-order valence-corrected chi connectivity index (χ2v) is 10.8. The third-order valence-corrected chi connectivity index (χ3v) is 7.62. The van der Waals surface area contributed by atoms with Crippen molar-refractivity contribution in [3.63, 3.8) is 0 Å². The van der Waals surface area contributed by atoms with Gasteiger partial charge in [-0.2, -0.15) is 9.50 Å². The number of fused-ring (bicyclic) bond motifs is 2. The van der Waals surface area contributed by atoms with Gasteiger partial charge < -0.3 is 32.9 Å². The van der Waals surface area contributed by atoms with E-state index in [-0.39, 0.29) is 73.5 Å². The lowest BCUT2D eigenvalue weighted by atomic mass is 10.0. The molecule has 7 rings (SSSR count). The first-order chi connectivity index (χ1) is 23.0. The average Bonchev–Trinajstić information content (AvgIpc) is 3.80. The summed E-state index contributed by atoms with van der Waals surface area (Å²) in [5.74, 6) is -2.29. The van der Waals surface area contributed by atoms with Crippen LogP contribution in [0.1, 0.15) is 63.1 Å². The summed E-state index contributed by atoms with van der Waals surface area (Å²) in [5, 5.41) is 22.2. The first-order valence-electron chi connectivity index (χ1n) is 14.4. The Balaban J connectivity index is 0.000000262. The molecule has 3 aromatic carbocycles. The zero-order chi connectivity index (χ0) is 34.1. The van der Waals surface area contributed by atoms with Gasteiger partial charge in [0.25, 0.3) is 22.5 Å². The minimum atomic E-state index is -1.32. The molecule has 0 bridgehead atoms. The van der Waals surface area contributed by atoms with Crippen molar-refractivity contribution in [3.8, 4) is 11.4 Å².